The fourth-order valence-electron chi connectivity index (χ4n) is 3.12. The monoisotopic (exact) mass is 414 g/mol. The quantitative estimate of drug-likeness (QED) is 0.416. The molecule has 1 aromatic heterocycles. The van der Waals surface area contributed by atoms with E-state index in [1.807, 2.05) is 0 Å². The Morgan fingerprint density at radius 1 is 1.34 bits per heavy atom. The molecule has 29 heavy (non-hydrogen) atoms. The molecule has 2 heterocycles. The van der Waals surface area contributed by atoms with Crippen molar-refractivity contribution in [2.75, 3.05) is 18.0 Å². The van der Waals surface area contributed by atoms with Gasteiger partial charge in [-0.1, -0.05) is 0 Å². The first-order valence-electron chi connectivity index (χ1n) is 8.71. The number of ether oxygens (including phenoxy) is 1. The molecule has 1 aliphatic rings. The number of carbonyl (C=O) groups excluding carboxylic acids is 1. The van der Waals surface area contributed by atoms with Gasteiger partial charge in [-0.25, -0.2) is 0 Å². The molecule has 12 heteroatoms. The summed E-state index contributed by atoms with van der Waals surface area (Å²) >= 11 is 0. The molecule has 0 atom stereocenters. The number of alkyl halides is 3. The van der Waals surface area contributed by atoms with E-state index < -0.39 is 34.2 Å². The Bertz CT molecular complexity index is 907. The summed E-state index contributed by atoms with van der Waals surface area (Å²) in [5, 5.41) is 18.6. The van der Waals surface area contributed by atoms with Crippen LogP contribution in [0, 0.1) is 23.0 Å². The maximum Gasteiger partial charge on any atom is 0.416 e. The summed E-state index contributed by atoms with van der Waals surface area (Å²) in [7, 11) is 0. The smallest absolute Gasteiger partial charge is 0.416 e. The van der Waals surface area contributed by atoms with Crippen LogP contribution < -0.4 is 4.90 Å². The molecule has 0 bridgehead atoms. The summed E-state index contributed by atoms with van der Waals surface area (Å²) in [6, 6.07) is 2.44. The third-order valence-electron chi connectivity index (χ3n) is 4.57. The van der Waals surface area contributed by atoms with E-state index in [0.717, 1.165) is 12.1 Å². The third-order valence-corrected chi connectivity index (χ3v) is 4.57. The highest BCUT2D eigenvalue weighted by atomic mass is 19.4. The average Bonchev–Trinajstić information content (AvgIpc) is 3.10. The molecule has 1 aromatic carbocycles. The number of hydrogen-bond donors (Lipinski definition) is 0. The van der Waals surface area contributed by atoms with Crippen molar-refractivity contribution in [2.45, 2.75) is 32.5 Å². The van der Waals surface area contributed by atoms with E-state index in [1.165, 1.54) is 0 Å². The fraction of sp³-hybridized carbons (Fsp3) is 0.471. The van der Waals surface area contributed by atoms with Crippen molar-refractivity contribution in [1.82, 2.24) is 10.2 Å². The number of nitro groups is 1. The van der Waals surface area contributed by atoms with Gasteiger partial charge in [-0.3, -0.25) is 14.9 Å². The van der Waals surface area contributed by atoms with E-state index in [4.69, 9.17) is 9.15 Å². The number of nitrogens with zero attached hydrogens (tertiary/aromatic N) is 4. The second-order valence-corrected chi connectivity index (χ2v) is 6.54. The van der Waals surface area contributed by atoms with Crippen molar-refractivity contribution in [3.63, 3.8) is 0 Å². The largest absolute Gasteiger partial charge is 0.455 e. The molecule has 9 nitrogen and oxygen atoms in total. The lowest BCUT2D eigenvalue weighted by molar-refractivity contribution is -0.384. The van der Waals surface area contributed by atoms with Gasteiger partial charge in [0, 0.05) is 26.1 Å². The minimum atomic E-state index is -4.67. The number of esters is 1. The van der Waals surface area contributed by atoms with E-state index in [9.17, 15) is 28.1 Å². The lowest BCUT2D eigenvalue weighted by Crippen LogP contribution is -2.37. The van der Waals surface area contributed by atoms with Crippen molar-refractivity contribution >= 4 is 17.3 Å². The first kappa shape index (κ1) is 20.6. The number of benzene rings is 1. The number of hydrogen-bond acceptors (Lipinski definition) is 8. The molecule has 0 radical (unpaired) electrons. The van der Waals surface area contributed by atoms with Crippen LogP contribution in [0.3, 0.4) is 0 Å². The SMILES string of the molecule is Cc1nnc(COC(=O)C2CCN(c3ccc(C(F)(F)F)cc3[N+](=O)[O-])CC2)o1. The molecule has 1 aliphatic heterocycles. The molecule has 0 spiro atoms. The minimum absolute atomic E-state index is 0.0937. The molecule has 2 aromatic rings. The van der Waals surface area contributed by atoms with E-state index in [-0.39, 0.29) is 31.3 Å². The van der Waals surface area contributed by atoms with Crippen LogP contribution in [0.25, 0.3) is 0 Å². The molecule has 156 valence electrons. The fourth-order valence-corrected chi connectivity index (χ4v) is 3.12. The van der Waals surface area contributed by atoms with Crippen molar-refractivity contribution < 1.29 is 32.0 Å². The number of anilines is 1. The van der Waals surface area contributed by atoms with Gasteiger partial charge in [-0.15, -0.1) is 10.2 Å². The molecule has 0 amide bonds. The molecule has 1 fully saturated rings. The van der Waals surface area contributed by atoms with Crippen LogP contribution in [0.1, 0.15) is 30.2 Å². The van der Waals surface area contributed by atoms with Crippen LogP contribution in [-0.2, 0) is 22.3 Å². The molecular weight excluding hydrogens is 397 g/mol. The number of aryl methyl sites for hydroxylation is 1. The van der Waals surface area contributed by atoms with Crippen LogP contribution in [0.15, 0.2) is 22.6 Å². The third kappa shape index (κ3) is 4.81. The van der Waals surface area contributed by atoms with E-state index in [2.05, 4.69) is 10.2 Å². The zero-order valence-corrected chi connectivity index (χ0v) is 15.3. The zero-order chi connectivity index (χ0) is 21.2. The van der Waals surface area contributed by atoms with Crippen LogP contribution in [0.5, 0.6) is 0 Å². The van der Waals surface area contributed by atoms with Gasteiger partial charge in [0.15, 0.2) is 6.61 Å². The second kappa shape index (κ2) is 8.05. The summed E-state index contributed by atoms with van der Waals surface area (Å²) in [5.74, 6) is -0.359. The van der Waals surface area contributed by atoms with Crippen molar-refractivity contribution in [1.29, 1.82) is 0 Å². The zero-order valence-electron chi connectivity index (χ0n) is 15.3. The first-order chi connectivity index (χ1) is 13.6. The molecule has 3 rings (SSSR count). The molecule has 0 saturated carbocycles. The molecule has 1 saturated heterocycles. The maximum atomic E-state index is 12.8. The Kier molecular flexibility index (Phi) is 5.71. The van der Waals surface area contributed by atoms with Gasteiger partial charge in [0.1, 0.15) is 5.69 Å². The van der Waals surface area contributed by atoms with E-state index in [1.54, 1.807) is 11.8 Å². The van der Waals surface area contributed by atoms with Gasteiger partial charge in [0.2, 0.25) is 5.89 Å². The van der Waals surface area contributed by atoms with Crippen molar-refractivity contribution in [2.24, 2.45) is 5.92 Å². The lowest BCUT2D eigenvalue weighted by atomic mass is 9.96. The van der Waals surface area contributed by atoms with Crippen LogP contribution in [-0.4, -0.2) is 34.2 Å². The van der Waals surface area contributed by atoms with Gasteiger partial charge >= 0.3 is 12.1 Å². The molecule has 0 aliphatic carbocycles. The molecule has 0 N–H and O–H groups in total. The summed E-state index contributed by atoms with van der Waals surface area (Å²) in [6.07, 6.45) is -3.98. The normalized spacial score (nSPS) is 15.4. The summed E-state index contributed by atoms with van der Waals surface area (Å²) in [4.78, 5) is 24.2. The van der Waals surface area contributed by atoms with Crippen LogP contribution in [0.4, 0.5) is 24.5 Å². The highest BCUT2D eigenvalue weighted by molar-refractivity contribution is 5.73. The van der Waals surface area contributed by atoms with Gasteiger partial charge < -0.3 is 14.1 Å². The number of piperidine rings is 1. The van der Waals surface area contributed by atoms with E-state index >= 15 is 0 Å². The second-order valence-electron chi connectivity index (χ2n) is 6.54. The predicted octanol–water partition coefficient (Wildman–Crippen LogP) is 3.26. The Labute approximate surface area is 162 Å². The van der Waals surface area contributed by atoms with Crippen molar-refractivity contribution in [3.05, 3.63) is 45.7 Å². The first-order valence-corrected chi connectivity index (χ1v) is 8.71. The van der Waals surface area contributed by atoms with E-state index in [0.29, 0.717) is 24.8 Å². The number of nitro benzene ring substituents is 1. The number of carbonyl (C=O) groups is 1. The number of halogens is 3. The Balaban J connectivity index is 1.62. The summed E-state index contributed by atoms with van der Waals surface area (Å²) in [6.45, 7) is 2.00. The minimum Gasteiger partial charge on any atom is -0.455 e. The number of rotatable bonds is 5. The van der Waals surface area contributed by atoms with Gasteiger partial charge in [-0.2, -0.15) is 13.2 Å². The van der Waals surface area contributed by atoms with Crippen LogP contribution in [0.2, 0.25) is 0 Å². The Morgan fingerprint density at radius 2 is 2.03 bits per heavy atom. The molecule has 0 unspecified atom stereocenters. The standard InChI is InChI=1S/C17H17F3N4O5/c1-10-21-22-15(29-10)9-28-16(25)11-4-6-23(7-5-11)13-3-2-12(17(18,19)20)8-14(13)24(26)27/h2-3,8,11H,4-7,9H2,1H3. The molecular formula is C17H17F3N4O5. The van der Waals surface area contributed by atoms with Crippen molar-refractivity contribution in [3.8, 4) is 0 Å². The average molecular weight is 414 g/mol. The lowest BCUT2D eigenvalue weighted by Gasteiger charge is -2.32. The topological polar surface area (TPSA) is 112 Å². The summed E-state index contributed by atoms with van der Waals surface area (Å²) < 4.78 is 48.8. The highest BCUT2D eigenvalue weighted by Gasteiger charge is 2.35. The van der Waals surface area contributed by atoms with Gasteiger partial charge in [0.25, 0.3) is 11.6 Å². The Morgan fingerprint density at radius 3 is 2.59 bits per heavy atom. The predicted molar refractivity (Wildman–Crippen MR) is 91.9 cm³/mol. The summed E-state index contributed by atoms with van der Waals surface area (Å²) in [5.41, 5.74) is -1.61. The Hall–Kier alpha value is -3.18. The highest BCUT2D eigenvalue weighted by Crippen LogP contribution is 2.37. The van der Waals surface area contributed by atoms with Crippen LogP contribution >= 0.6 is 0 Å². The van der Waals surface area contributed by atoms with Gasteiger partial charge in [0.05, 0.1) is 16.4 Å². The van der Waals surface area contributed by atoms with Gasteiger partial charge in [-0.05, 0) is 25.0 Å². The maximum absolute atomic E-state index is 12.8. The number of aromatic nitrogens is 2.